The van der Waals surface area contributed by atoms with E-state index in [-0.39, 0.29) is 5.04 Å². The van der Waals surface area contributed by atoms with Gasteiger partial charge in [-0.25, -0.2) is 0 Å². The zero-order chi connectivity index (χ0) is 19.9. The summed E-state index contributed by atoms with van der Waals surface area (Å²) >= 11 is 1.72. The van der Waals surface area contributed by atoms with Gasteiger partial charge in [-0.1, -0.05) is 117 Å². The average molecular weight is 405 g/mol. The molecule has 0 saturated heterocycles. The molecule has 0 aliphatic rings. The van der Waals surface area contributed by atoms with Crippen molar-refractivity contribution in [3.05, 3.63) is 102 Å². The van der Waals surface area contributed by atoms with Gasteiger partial charge in [-0.15, -0.1) is 0 Å². The molecule has 0 saturated carbocycles. The summed E-state index contributed by atoms with van der Waals surface area (Å²) in [6, 6.07) is 32.0. The van der Waals surface area contributed by atoms with Gasteiger partial charge < -0.3 is 4.43 Å². The molecule has 0 aliphatic heterocycles. The third kappa shape index (κ3) is 4.66. The minimum atomic E-state index is -2.44. The van der Waals surface area contributed by atoms with Crippen LogP contribution in [0.25, 0.3) is 0 Å². The van der Waals surface area contributed by atoms with Crippen LogP contribution in [0, 0.1) is 0 Å². The van der Waals surface area contributed by atoms with Crippen molar-refractivity contribution in [3.63, 3.8) is 0 Å². The van der Waals surface area contributed by atoms with Crippen LogP contribution in [-0.4, -0.2) is 14.9 Å². The zero-order valence-electron chi connectivity index (χ0n) is 16.8. The summed E-state index contributed by atoms with van der Waals surface area (Å²) < 4.78 is 6.84. The molecule has 0 amide bonds. The minimum absolute atomic E-state index is 0.0100. The van der Waals surface area contributed by atoms with Crippen LogP contribution in [0.1, 0.15) is 20.8 Å². The Labute approximate surface area is 174 Å². The molecule has 3 rings (SSSR count). The van der Waals surface area contributed by atoms with Crippen molar-refractivity contribution in [1.29, 1.82) is 0 Å². The molecule has 0 aromatic heterocycles. The summed E-state index contributed by atoms with van der Waals surface area (Å²) in [6.45, 7) is 7.53. The quantitative estimate of drug-likeness (QED) is 0.360. The standard InChI is InChI=1S/C25H28OSSi/c1-25(2,3)28(23-16-9-5-10-17-23,24-18-11-6-12-19-24)26-20-13-21-27-22-14-7-4-8-15-22/h4-19,21H,20H2,1-3H3/b21-13+. The highest BCUT2D eigenvalue weighted by molar-refractivity contribution is 8.02. The van der Waals surface area contributed by atoms with E-state index in [9.17, 15) is 0 Å². The molecule has 0 spiro atoms. The Morgan fingerprint density at radius 2 is 1.21 bits per heavy atom. The third-order valence-electron chi connectivity index (χ3n) is 4.86. The van der Waals surface area contributed by atoms with Crippen LogP contribution in [0.5, 0.6) is 0 Å². The number of hydrogen-bond donors (Lipinski definition) is 0. The topological polar surface area (TPSA) is 9.23 Å². The fraction of sp³-hybridized carbons (Fsp3) is 0.200. The molecule has 0 bridgehead atoms. The molecular formula is C25H28OSSi. The van der Waals surface area contributed by atoms with Gasteiger partial charge in [0, 0.05) is 4.90 Å². The van der Waals surface area contributed by atoms with Crippen molar-refractivity contribution in [3.8, 4) is 0 Å². The molecule has 3 aromatic rings. The molecule has 0 heterocycles. The van der Waals surface area contributed by atoms with E-state index >= 15 is 0 Å². The van der Waals surface area contributed by atoms with Crippen LogP contribution >= 0.6 is 11.8 Å². The summed E-state index contributed by atoms with van der Waals surface area (Å²) in [4.78, 5) is 1.24. The van der Waals surface area contributed by atoms with Crippen LogP contribution in [0.3, 0.4) is 0 Å². The normalized spacial score (nSPS) is 12.4. The van der Waals surface area contributed by atoms with Gasteiger partial charge in [0.15, 0.2) is 0 Å². The van der Waals surface area contributed by atoms with Crippen LogP contribution in [0.15, 0.2) is 107 Å². The molecule has 0 unspecified atom stereocenters. The first kappa shape index (κ1) is 20.7. The number of benzene rings is 3. The first-order valence-corrected chi connectivity index (χ1v) is 12.4. The predicted molar refractivity (Wildman–Crippen MR) is 125 cm³/mol. The van der Waals surface area contributed by atoms with Crippen molar-refractivity contribution < 1.29 is 4.43 Å². The smallest absolute Gasteiger partial charge is 0.261 e. The maximum absolute atomic E-state index is 6.84. The maximum atomic E-state index is 6.84. The second kappa shape index (κ2) is 9.42. The first-order valence-electron chi connectivity index (χ1n) is 9.66. The van der Waals surface area contributed by atoms with E-state index in [0.29, 0.717) is 6.61 Å². The largest absolute Gasteiger partial charge is 0.404 e. The zero-order valence-corrected chi connectivity index (χ0v) is 18.7. The van der Waals surface area contributed by atoms with E-state index < -0.39 is 8.32 Å². The lowest BCUT2D eigenvalue weighted by atomic mass is 10.2. The highest BCUT2D eigenvalue weighted by Gasteiger charge is 2.49. The molecule has 144 valence electrons. The van der Waals surface area contributed by atoms with Crippen molar-refractivity contribution in [1.82, 2.24) is 0 Å². The minimum Gasteiger partial charge on any atom is -0.404 e. The highest BCUT2D eigenvalue weighted by atomic mass is 32.2. The van der Waals surface area contributed by atoms with Crippen molar-refractivity contribution in [2.45, 2.75) is 30.7 Å². The lowest BCUT2D eigenvalue weighted by Crippen LogP contribution is -2.66. The second-order valence-corrected chi connectivity index (χ2v) is 13.1. The van der Waals surface area contributed by atoms with Crippen molar-refractivity contribution in [2.24, 2.45) is 0 Å². The van der Waals surface area contributed by atoms with Crippen LogP contribution in [0.4, 0.5) is 0 Å². The Kier molecular flexibility index (Phi) is 6.95. The second-order valence-electron chi connectivity index (χ2n) is 7.78. The summed E-state index contributed by atoms with van der Waals surface area (Å²) in [5, 5.41) is 4.78. The Bertz CT molecular complexity index is 831. The summed E-state index contributed by atoms with van der Waals surface area (Å²) in [6.07, 6.45) is 2.14. The van der Waals surface area contributed by atoms with E-state index in [1.807, 2.05) is 6.07 Å². The van der Waals surface area contributed by atoms with E-state index in [4.69, 9.17) is 4.43 Å². The SMILES string of the molecule is CC(C)(C)[Si](OC/C=C/Sc1ccccc1)(c1ccccc1)c1ccccc1. The molecule has 1 nitrogen and oxygen atoms in total. The predicted octanol–water partition coefficient (Wildman–Crippen LogP) is 5.87. The van der Waals surface area contributed by atoms with Gasteiger partial charge in [0.2, 0.25) is 0 Å². The maximum Gasteiger partial charge on any atom is 0.261 e. The van der Waals surface area contributed by atoms with E-state index in [0.717, 1.165) is 0 Å². The van der Waals surface area contributed by atoms with E-state index in [2.05, 4.69) is 117 Å². The average Bonchev–Trinajstić information content (AvgIpc) is 2.72. The van der Waals surface area contributed by atoms with Gasteiger partial charge in [-0.2, -0.15) is 0 Å². The summed E-state index contributed by atoms with van der Waals surface area (Å²) in [5.41, 5.74) is 0. The van der Waals surface area contributed by atoms with Gasteiger partial charge in [-0.05, 0) is 33.0 Å². The number of hydrogen-bond acceptors (Lipinski definition) is 2. The lowest BCUT2D eigenvalue weighted by molar-refractivity contribution is 0.339. The summed E-state index contributed by atoms with van der Waals surface area (Å²) in [7, 11) is -2.44. The molecule has 3 aromatic carbocycles. The van der Waals surface area contributed by atoms with Gasteiger partial charge in [0.05, 0.1) is 6.61 Å². The van der Waals surface area contributed by atoms with Gasteiger partial charge in [-0.3, -0.25) is 0 Å². The fourth-order valence-electron chi connectivity index (χ4n) is 3.60. The van der Waals surface area contributed by atoms with Crippen molar-refractivity contribution >= 4 is 30.5 Å². The Morgan fingerprint density at radius 3 is 1.68 bits per heavy atom. The number of rotatable bonds is 7. The Balaban J connectivity index is 1.88. The molecule has 0 N–H and O–H groups in total. The van der Waals surface area contributed by atoms with E-state index in [1.54, 1.807) is 11.8 Å². The van der Waals surface area contributed by atoms with Crippen molar-refractivity contribution in [2.75, 3.05) is 6.61 Å². The molecule has 0 atom stereocenters. The monoisotopic (exact) mass is 404 g/mol. The van der Waals surface area contributed by atoms with Crippen LogP contribution in [-0.2, 0) is 4.43 Å². The third-order valence-corrected chi connectivity index (χ3v) is 10.7. The molecule has 3 heteroatoms. The highest BCUT2D eigenvalue weighted by Crippen LogP contribution is 2.36. The molecule has 0 fully saturated rings. The fourth-order valence-corrected chi connectivity index (χ4v) is 8.75. The molecule has 0 aliphatic carbocycles. The first-order chi connectivity index (χ1) is 13.5. The van der Waals surface area contributed by atoms with Crippen LogP contribution in [0.2, 0.25) is 5.04 Å². The van der Waals surface area contributed by atoms with Gasteiger partial charge >= 0.3 is 0 Å². The molecule has 0 radical (unpaired) electrons. The Hall–Kier alpha value is -2.07. The van der Waals surface area contributed by atoms with Gasteiger partial charge in [0.1, 0.15) is 0 Å². The molecular weight excluding hydrogens is 376 g/mol. The Morgan fingerprint density at radius 1 is 0.750 bits per heavy atom. The van der Waals surface area contributed by atoms with E-state index in [1.165, 1.54) is 15.3 Å². The van der Waals surface area contributed by atoms with Crippen LogP contribution < -0.4 is 10.4 Å². The summed E-state index contributed by atoms with van der Waals surface area (Å²) in [5.74, 6) is 0. The number of thioether (sulfide) groups is 1. The molecule has 28 heavy (non-hydrogen) atoms. The lowest BCUT2D eigenvalue weighted by Gasteiger charge is -2.42. The van der Waals surface area contributed by atoms with Gasteiger partial charge in [0.25, 0.3) is 8.32 Å².